The zero-order valence-corrected chi connectivity index (χ0v) is 10.5. The first-order valence-electron chi connectivity index (χ1n) is 6.05. The van der Waals surface area contributed by atoms with Gasteiger partial charge in [0.05, 0.1) is 16.9 Å². The predicted molar refractivity (Wildman–Crippen MR) is 78.4 cm³/mol. The molecule has 96 valence electrons. The average molecular weight is 261 g/mol. The topological polar surface area (TPSA) is 87.6 Å². The second-order valence-electron chi connectivity index (χ2n) is 4.25. The molecule has 0 radical (unpaired) electrons. The van der Waals surface area contributed by atoms with Gasteiger partial charge in [-0.05, 0) is 24.3 Å². The lowest BCUT2D eigenvalue weighted by Gasteiger charge is -2.09. The van der Waals surface area contributed by atoms with Crippen molar-refractivity contribution in [2.24, 2.45) is 0 Å². The first-order chi connectivity index (χ1) is 9.78. The molecule has 0 aliphatic rings. The van der Waals surface area contributed by atoms with Crippen molar-refractivity contribution in [3.63, 3.8) is 0 Å². The molecule has 5 nitrogen and oxygen atoms in total. The van der Waals surface area contributed by atoms with Gasteiger partial charge >= 0.3 is 0 Å². The second-order valence-corrected chi connectivity index (χ2v) is 4.25. The molecule has 0 saturated heterocycles. The first kappa shape index (κ1) is 11.9. The number of nitriles is 1. The molecule has 3 N–H and O–H groups in total. The Morgan fingerprint density at radius 2 is 1.95 bits per heavy atom. The predicted octanol–water partition coefficient (Wildman–Crippen LogP) is 2.83. The molecule has 0 bridgehead atoms. The van der Waals surface area contributed by atoms with Gasteiger partial charge in [-0.2, -0.15) is 5.26 Å². The number of nitrogens with one attached hydrogen (secondary N) is 1. The molecule has 0 fully saturated rings. The van der Waals surface area contributed by atoms with Crippen LogP contribution >= 0.6 is 0 Å². The van der Waals surface area contributed by atoms with E-state index in [0.29, 0.717) is 11.5 Å². The highest BCUT2D eigenvalue weighted by Crippen LogP contribution is 2.24. The second kappa shape index (κ2) is 4.86. The molecule has 1 aromatic carbocycles. The van der Waals surface area contributed by atoms with Crippen molar-refractivity contribution in [3.05, 3.63) is 54.4 Å². The largest absolute Gasteiger partial charge is 0.396 e. The molecular weight excluding hydrogens is 250 g/mol. The minimum atomic E-state index is 0.211. The smallest absolute Gasteiger partial charge is 0.165 e. The van der Waals surface area contributed by atoms with E-state index >= 15 is 0 Å². The van der Waals surface area contributed by atoms with Crippen LogP contribution < -0.4 is 11.1 Å². The standard InChI is InChI=1S/C15H11N5/c16-9-13-11(17)6-7-14(20-13)19-12-5-1-3-10-4-2-8-18-15(10)12/h1-8H,17H2,(H,19,20). The molecule has 2 aromatic heterocycles. The minimum Gasteiger partial charge on any atom is -0.396 e. The van der Waals surface area contributed by atoms with Crippen LogP contribution in [-0.4, -0.2) is 9.97 Å². The zero-order chi connectivity index (χ0) is 13.9. The van der Waals surface area contributed by atoms with Gasteiger partial charge in [0, 0.05) is 11.6 Å². The summed E-state index contributed by atoms with van der Waals surface area (Å²) in [6.45, 7) is 0. The van der Waals surface area contributed by atoms with Crippen LogP contribution in [0.3, 0.4) is 0 Å². The monoisotopic (exact) mass is 261 g/mol. The van der Waals surface area contributed by atoms with Crippen molar-refractivity contribution in [1.82, 2.24) is 9.97 Å². The molecule has 0 amide bonds. The molecule has 5 heteroatoms. The molecule has 2 heterocycles. The Kier molecular flexibility index (Phi) is 2.90. The molecule has 0 spiro atoms. The van der Waals surface area contributed by atoms with Gasteiger partial charge in [0.2, 0.25) is 0 Å². The average Bonchev–Trinajstić information content (AvgIpc) is 2.49. The summed E-state index contributed by atoms with van der Waals surface area (Å²) >= 11 is 0. The van der Waals surface area contributed by atoms with E-state index in [-0.39, 0.29) is 5.69 Å². The molecule has 0 saturated carbocycles. The maximum absolute atomic E-state index is 8.95. The Morgan fingerprint density at radius 1 is 1.10 bits per heavy atom. The van der Waals surface area contributed by atoms with E-state index in [2.05, 4.69) is 15.3 Å². The molecule has 20 heavy (non-hydrogen) atoms. The molecule has 0 atom stereocenters. The van der Waals surface area contributed by atoms with Crippen molar-refractivity contribution >= 4 is 28.1 Å². The van der Waals surface area contributed by atoms with Crippen LogP contribution in [0, 0.1) is 11.3 Å². The highest BCUT2D eigenvalue weighted by Gasteiger charge is 2.05. The Morgan fingerprint density at radius 3 is 2.80 bits per heavy atom. The van der Waals surface area contributed by atoms with Crippen LogP contribution in [0.2, 0.25) is 0 Å². The first-order valence-corrected chi connectivity index (χ1v) is 6.05. The fourth-order valence-electron chi connectivity index (χ4n) is 1.97. The van der Waals surface area contributed by atoms with Gasteiger partial charge in [-0.25, -0.2) is 4.98 Å². The third-order valence-electron chi connectivity index (χ3n) is 2.93. The van der Waals surface area contributed by atoms with Crippen LogP contribution in [0.4, 0.5) is 17.2 Å². The fourth-order valence-corrected chi connectivity index (χ4v) is 1.97. The maximum atomic E-state index is 8.95. The van der Waals surface area contributed by atoms with Crippen LogP contribution in [-0.2, 0) is 0 Å². The summed E-state index contributed by atoms with van der Waals surface area (Å²) in [4.78, 5) is 8.53. The number of fused-ring (bicyclic) bond motifs is 1. The quantitative estimate of drug-likeness (QED) is 0.740. The highest BCUT2D eigenvalue weighted by molar-refractivity contribution is 5.91. The van der Waals surface area contributed by atoms with Crippen LogP contribution in [0.15, 0.2) is 48.7 Å². The number of pyridine rings is 2. The fraction of sp³-hybridized carbons (Fsp3) is 0. The minimum absolute atomic E-state index is 0.211. The van der Waals surface area contributed by atoms with Gasteiger partial charge in [0.1, 0.15) is 11.9 Å². The van der Waals surface area contributed by atoms with Gasteiger partial charge < -0.3 is 11.1 Å². The van der Waals surface area contributed by atoms with Crippen LogP contribution in [0.5, 0.6) is 0 Å². The third-order valence-corrected chi connectivity index (χ3v) is 2.93. The number of nitrogens with zero attached hydrogens (tertiary/aromatic N) is 3. The van der Waals surface area contributed by atoms with Crippen LogP contribution in [0.25, 0.3) is 10.9 Å². The lowest BCUT2D eigenvalue weighted by Crippen LogP contribution is -1.99. The molecule has 0 aliphatic heterocycles. The number of anilines is 3. The Hall–Kier alpha value is -3.13. The van der Waals surface area contributed by atoms with E-state index < -0.39 is 0 Å². The number of nitrogens with two attached hydrogens (primary N) is 1. The van der Waals surface area contributed by atoms with E-state index in [0.717, 1.165) is 16.6 Å². The van der Waals surface area contributed by atoms with E-state index in [9.17, 15) is 0 Å². The van der Waals surface area contributed by atoms with Gasteiger partial charge in [-0.1, -0.05) is 18.2 Å². The van der Waals surface area contributed by atoms with Crippen molar-refractivity contribution in [3.8, 4) is 6.07 Å². The zero-order valence-electron chi connectivity index (χ0n) is 10.5. The molecule has 3 aromatic rings. The Balaban J connectivity index is 2.04. The number of hydrogen-bond acceptors (Lipinski definition) is 5. The van der Waals surface area contributed by atoms with E-state index in [1.807, 2.05) is 36.4 Å². The van der Waals surface area contributed by atoms with Gasteiger partial charge in [-0.15, -0.1) is 0 Å². The SMILES string of the molecule is N#Cc1nc(Nc2cccc3cccnc23)ccc1N. The summed E-state index contributed by atoms with van der Waals surface area (Å²) in [6, 6.07) is 15.1. The third kappa shape index (κ3) is 2.10. The van der Waals surface area contributed by atoms with E-state index in [1.54, 1.807) is 18.3 Å². The van der Waals surface area contributed by atoms with E-state index in [4.69, 9.17) is 11.0 Å². The van der Waals surface area contributed by atoms with Crippen molar-refractivity contribution in [2.45, 2.75) is 0 Å². The van der Waals surface area contributed by atoms with Gasteiger partial charge in [-0.3, -0.25) is 4.98 Å². The number of aromatic nitrogens is 2. The Labute approximate surface area is 115 Å². The summed E-state index contributed by atoms with van der Waals surface area (Å²) in [5, 5.41) is 13.2. The summed E-state index contributed by atoms with van der Waals surface area (Å²) in [5.74, 6) is 0.564. The van der Waals surface area contributed by atoms with Gasteiger partial charge in [0.15, 0.2) is 5.69 Å². The molecule has 0 aliphatic carbocycles. The highest BCUT2D eigenvalue weighted by atomic mass is 15.0. The van der Waals surface area contributed by atoms with Crippen molar-refractivity contribution in [2.75, 3.05) is 11.1 Å². The molecular formula is C15H11N5. The number of benzene rings is 1. The number of hydrogen-bond donors (Lipinski definition) is 2. The summed E-state index contributed by atoms with van der Waals surface area (Å²) in [7, 11) is 0. The summed E-state index contributed by atoms with van der Waals surface area (Å²) in [5.41, 5.74) is 7.93. The van der Waals surface area contributed by atoms with Crippen molar-refractivity contribution < 1.29 is 0 Å². The molecule has 0 unspecified atom stereocenters. The number of rotatable bonds is 2. The van der Waals surface area contributed by atoms with E-state index in [1.165, 1.54) is 0 Å². The maximum Gasteiger partial charge on any atom is 0.165 e. The molecule has 3 rings (SSSR count). The lowest BCUT2D eigenvalue weighted by molar-refractivity contribution is 1.26. The lowest BCUT2D eigenvalue weighted by atomic mass is 10.2. The summed E-state index contributed by atoms with van der Waals surface area (Å²) in [6.07, 6.45) is 1.74. The number of para-hydroxylation sites is 1. The van der Waals surface area contributed by atoms with Crippen molar-refractivity contribution in [1.29, 1.82) is 5.26 Å². The normalized spacial score (nSPS) is 10.2. The number of nitrogen functional groups attached to an aromatic ring is 1. The Bertz CT molecular complexity index is 815. The van der Waals surface area contributed by atoms with Gasteiger partial charge in [0.25, 0.3) is 0 Å². The van der Waals surface area contributed by atoms with Crippen LogP contribution in [0.1, 0.15) is 5.69 Å². The summed E-state index contributed by atoms with van der Waals surface area (Å²) < 4.78 is 0.